The molecule has 2 atom stereocenters. The lowest BCUT2D eigenvalue weighted by Crippen LogP contribution is -2.39. The largest absolute Gasteiger partial charge is 0.423 e. The zero-order chi connectivity index (χ0) is 16.2. The number of hydrogen-bond donors (Lipinski definition) is 1. The van der Waals surface area contributed by atoms with Gasteiger partial charge in [-0.25, -0.2) is 0 Å². The van der Waals surface area contributed by atoms with Crippen LogP contribution in [-0.2, 0) is 4.79 Å². The van der Waals surface area contributed by atoms with E-state index in [-0.39, 0.29) is 11.9 Å². The van der Waals surface area contributed by atoms with Crippen molar-refractivity contribution < 1.29 is 9.21 Å². The first kappa shape index (κ1) is 16.4. The maximum absolute atomic E-state index is 12.5. The second-order valence-electron chi connectivity index (χ2n) is 7.22. The average Bonchev–Trinajstić information content (AvgIpc) is 3.05. The molecular formula is C17H28N4O2. The van der Waals surface area contributed by atoms with Crippen molar-refractivity contribution in [3.63, 3.8) is 0 Å². The highest BCUT2D eigenvalue weighted by Crippen LogP contribution is 2.32. The number of carbonyl (C=O) groups is 1. The molecule has 1 aromatic heterocycles. The van der Waals surface area contributed by atoms with E-state index >= 15 is 0 Å². The van der Waals surface area contributed by atoms with E-state index in [2.05, 4.69) is 29.4 Å². The summed E-state index contributed by atoms with van der Waals surface area (Å²) < 4.78 is 5.99. The zero-order valence-electron chi connectivity index (χ0n) is 14.3. The average molecular weight is 320 g/mol. The van der Waals surface area contributed by atoms with Gasteiger partial charge in [-0.2, -0.15) is 0 Å². The van der Waals surface area contributed by atoms with Gasteiger partial charge in [0.15, 0.2) is 0 Å². The summed E-state index contributed by atoms with van der Waals surface area (Å²) in [6.07, 6.45) is 5.92. The molecule has 3 heterocycles. The smallest absolute Gasteiger partial charge is 0.238 e. The van der Waals surface area contributed by atoms with E-state index in [0.29, 0.717) is 24.1 Å². The minimum atomic E-state index is -0.0344. The number of nitrogens with one attached hydrogen (secondary N) is 1. The van der Waals surface area contributed by atoms with Crippen LogP contribution in [0.5, 0.6) is 0 Å². The number of amides is 1. The third-order valence-corrected chi connectivity index (χ3v) is 4.79. The Morgan fingerprint density at radius 1 is 1.26 bits per heavy atom. The van der Waals surface area contributed by atoms with Gasteiger partial charge in [0, 0.05) is 25.4 Å². The molecule has 2 unspecified atom stereocenters. The van der Waals surface area contributed by atoms with Gasteiger partial charge in [0.25, 0.3) is 0 Å². The van der Waals surface area contributed by atoms with Crippen LogP contribution < -0.4 is 5.32 Å². The van der Waals surface area contributed by atoms with Gasteiger partial charge in [0.1, 0.15) is 6.04 Å². The van der Waals surface area contributed by atoms with Gasteiger partial charge in [-0.3, -0.25) is 4.79 Å². The molecule has 2 aliphatic heterocycles. The molecule has 3 rings (SSSR count). The summed E-state index contributed by atoms with van der Waals surface area (Å²) in [5.41, 5.74) is 0. The molecule has 6 heteroatoms. The molecule has 0 bridgehead atoms. The Morgan fingerprint density at radius 3 is 2.83 bits per heavy atom. The van der Waals surface area contributed by atoms with Gasteiger partial charge in [-0.1, -0.05) is 13.8 Å². The number of piperidine rings is 2. The first-order valence-electron chi connectivity index (χ1n) is 8.98. The molecule has 0 radical (unpaired) electrons. The molecule has 2 fully saturated rings. The molecule has 0 aromatic carbocycles. The van der Waals surface area contributed by atoms with Crippen molar-refractivity contribution in [1.29, 1.82) is 0 Å². The third kappa shape index (κ3) is 3.91. The molecule has 6 nitrogen and oxygen atoms in total. The van der Waals surface area contributed by atoms with Crippen LogP contribution in [-0.4, -0.2) is 40.6 Å². The van der Waals surface area contributed by atoms with Crippen molar-refractivity contribution in [3.05, 3.63) is 11.8 Å². The monoisotopic (exact) mass is 320 g/mol. The van der Waals surface area contributed by atoms with Gasteiger partial charge in [0.05, 0.1) is 0 Å². The normalized spacial score (nSPS) is 25.8. The van der Waals surface area contributed by atoms with E-state index in [1.165, 1.54) is 0 Å². The third-order valence-electron chi connectivity index (χ3n) is 4.79. The van der Waals surface area contributed by atoms with Crippen molar-refractivity contribution in [1.82, 2.24) is 20.4 Å². The predicted molar refractivity (Wildman–Crippen MR) is 86.9 cm³/mol. The number of likely N-dealkylation sites (tertiary alicyclic amines) is 1. The van der Waals surface area contributed by atoms with Crippen LogP contribution in [0.15, 0.2) is 4.42 Å². The van der Waals surface area contributed by atoms with Crippen LogP contribution in [0.3, 0.4) is 0 Å². The Bertz CT molecular complexity index is 522. The fourth-order valence-electron chi connectivity index (χ4n) is 3.56. The summed E-state index contributed by atoms with van der Waals surface area (Å²) >= 11 is 0. The number of nitrogens with zero attached hydrogens (tertiary/aromatic N) is 3. The second kappa shape index (κ2) is 7.43. The quantitative estimate of drug-likeness (QED) is 0.923. The molecule has 0 spiro atoms. The van der Waals surface area contributed by atoms with Crippen molar-refractivity contribution in [3.8, 4) is 0 Å². The van der Waals surface area contributed by atoms with Gasteiger partial charge < -0.3 is 14.6 Å². The van der Waals surface area contributed by atoms with Crippen molar-refractivity contribution in [2.45, 2.75) is 64.3 Å². The number of carbonyl (C=O) groups excluding carboxylic acids is 1. The van der Waals surface area contributed by atoms with Crippen LogP contribution in [0, 0.1) is 5.92 Å². The van der Waals surface area contributed by atoms with Crippen molar-refractivity contribution in [2.75, 3.05) is 19.6 Å². The van der Waals surface area contributed by atoms with E-state index in [1.54, 1.807) is 0 Å². The predicted octanol–water partition coefficient (Wildman–Crippen LogP) is 2.64. The SMILES string of the molecule is CC(C)CC(=O)N1CCCCC1c1nnc(C2CCCNC2)o1. The minimum absolute atomic E-state index is 0.0344. The molecule has 128 valence electrons. The fraction of sp³-hybridized carbons (Fsp3) is 0.824. The number of aromatic nitrogens is 2. The molecule has 0 aliphatic carbocycles. The van der Waals surface area contributed by atoms with Gasteiger partial charge >= 0.3 is 0 Å². The lowest BCUT2D eigenvalue weighted by molar-refractivity contribution is -0.136. The van der Waals surface area contributed by atoms with E-state index in [4.69, 9.17) is 4.42 Å². The molecule has 2 aliphatic rings. The summed E-state index contributed by atoms with van der Waals surface area (Å²) in [6.45, 7) is 6.94. The lowest BCUT2D eigenvalue weighted by Gasteiger charge is -2.34. The van der Waals surface area contributed by atoms with Crippen LogP contribution in [0.25, 0.3) is 0 Å². The fourth-order valence-corrected chi connectivity index (χ4v) is 3.56. The zero-order valence-corrected chi connectivity index (χ0v) is 14.3. The Kier molecular flexibility index (Phi) is 5.30. The Balaban J connectivity index is 1.72. The van der Waals surface area contributed by atoms with Crippen LogP contribution in [0.4, 0.5) is 0 Å². The molecule has 0 saturated carbocycles. The molecule has 1 amide bonds. The summed E-state index contributed by atoms with van der Waals surface area (Å²) in [5.74, 6) is 2.25. The maximum atomic E-state index is 12.5. The first-order valence-corrected chi connectivity index (χ1v) is 8.98. The highest BCUT2D eigenvalue weighted by Gasteiger charge is 2.33. The molecule has 23 heavy (non-hydrogen) atoms. The van der Waals surface area contributed by atoms with Crippen molar-refractivity contribution >= 4 is 5.91 Å². The lowest BCUT2D eigenvalue weighted by atomic mass is 9.99. The Labute approximate surface area is 138 Å². The van der Waals surface area contributed by atoms with Crippen molar-refractivity contribution in [2.24, 2.45) is 5.92 Å². The second-order valence-corrected chi connectivity index (χ2v) is 7.22. The van der Waals surface area contributed by atoms with Gasteiger partial charge in [0.2, 0.25) is 17.7 Å². The topological polar surface area (TPSA) is 71.3 Å². The summed E-state index contributed by atoms with van der Waals surface area (Å²) in [5, 5.41) is 11.9. The van der Waals surface area contributed by atoms with Crippen LogP contribution in [0.2, 0.25) is 0 Å². The van der Waals surface area contributed by atoms with Gasteiger partial charge in [-0.05, 0) is 44.6 Å². The summed E-state index contributed by atoms with van der Waals surface area (Å²) in [6, 6.07) is -0.0344. The standard InChI is InChI=1S/C17H28N4O2/c1-12(2)10-15(22)21-9-4-3-7-14(21)17-20-19-16(23-17)13-6-5-8-18-11-13/h12-14,18H,3-11H2,1-2H3. The van der Waals surface area contributed by atoms with E-state index in [0.717, 1.165) is 57.6 Å². The van der Waals surface area contributed by atoms with E-state index in [1.807, 2.05) is 4.90 Å². The highest BCUT2D eigenvalue weighted by molar-refractivity contribution is 5.76. The molecule has 1 N–H and O–H groups in total. The first-order chi connectivity index (χ1) is 11.1. The van der Waals surface area contributed by atoms with Gasteiger partial charge in [-0.15, -0.1) is 10.2 Å². The molecular weight excluding hydrogens is 292 g/mol. The molecule has 2 saturated heterocycles. The molecule has 1 aromatic rings. The van der Waals surface area contributed by atoms with Crippen LogP contribution in [0.1, 0.15) is 76.1 Å². The van der Waals surface area contributed by atoms with E-state index in [9.17, 15) is 4.79 Å². The summed E-state index contributed by atoms with van der Waals surface area (Å²) in [4.78, 5) is 14.5. The van der Waals surface area contributed by atoms with Crippen LogP contribution >= 0.6 is 0 Å². The van der Waals surface area contributed by atoms with E-state index < -0.39 is 0 Å². The number of rotatable bonds is 4. The Hall–Kier alpha value is -1.43. The summed E-state index contributed by atoms with van der Waals surface area (Å²) in [7, 11) is 0. The number of hydrogen-bond acceptors (Lipinski definition) is 5. The maximum Gasteiger partial charge on any atom is 0.238 e. The Morgan fingerprint density at radius 2 is 2.09 bits per heavy atom. The highest BCUT2D eigenvalue weighted by atomic mass is 16.4. The minimum Gasteiger partial charge on any atom is -0.423 e.